The summed E-state index contributed by atoms with van der Waals surface area (Å²) in [6.07, 6.45) is 1.84. The van der Waals surface area contributed by atoms with E-state index >= 15 is 0 Å². The maximum Gasteiger partial charge on any atom is 0.251 e. The molecule has 1 N–H and O–H groups in total. The second-order valence-electron chi connectivity index (χ2n) is 6.15. The predicted octanol–water partition coefficient (Wildman–Crippen LogP) is 3.71. The monoisotopic (exact) mass is 350 g/mol. The third kappa shape index (κ3) is 2.78. The molecule has 25 heavy (non-hydrogen) atoms. The van der Waals surface area contributed by atoms with Crippen LogP contribution in [0.5, 0.6) is 0 Å². The van der Waals surface area contributed by atoms with E-state index in [9.17, 15) is 4.79 Å². The Hall–Kier alpha value is -2.73. The molecule has 0 fully saturated rings. The highest BCUT2D eigenvalue weighted by atomic mass is 32.1. The average molecular weight is 350 g/mol. The van der Waals surface area contributed by atoms with Crippen molar-refractivity contribution in [1.29, 1.82) is 0 Å². The number of aromatic amines is 1. The molecule has 0 saturated heterocycles. The molecule has 0 saturated carbocycles. The summed E-state index contributed by atoms with van der Waals surface area (Å²) in [7, 11) is 0. The second kappa shape index (κ2) is 6.29. The number of hydrogen-bond donors (Lipinski definition) is 1. The molecule has 5 nitrogen and oxygen atoms in total. The molecule has 2 heterocycles. The van der Waals surface area contributed by atoms with Crippen LogP contribution in [0.25, 0.3) is 0 Å². The molecule has 0 bridgehead atoms. The van der Waals surface area contributed by atoms with Crippen LogP contribution in [-0.4, -0.2) is 20.7 Å². The van der Waals surface area contributed by atoms with Crippen molar-refractivity contribution in [1.82, 2.24) is 14.8 Å². The summed E-state index contributed by atoms with van der Waals surface area (Å²) in [5, 5.41) is 6.84. The van der Waals surface area contributed by atoms with Crippen LogP contribution in [0.15, 0.2) is 48.5 Å². The van der Waals surface area contributed by atoms with Gasteiger partial charge in [-0.25, -0.2) is 0 Å². The van der Waals surface area contributed by atoms with Gasteiger partial charge in [-0.05, 0) is 55.2 Å². The van der Waals surface area contributed by atoms with Crippen molar-refractivity contribution in [2.24, 2.45) is 0 Å². The van der Waals surface area contributed by atoms with Gasteiger partial charge in [-0.15, -0.1) is 0 Å². The van der Waals surface area contributed by atoms with E-state index in [2.05, 4.69) is 22.3 Å². The molecule has 3 aromatic rings. The molecule has 6 heteroatoms. The molecule has 1 aliphatic heterocycles. The number of nitrogens with zero attached hydrogens (tertiary/aromatic N) is 3. The Labute approximate surface area is 150 Å². The van der Waals surface area contributed by atoms with Crippen molar-refractivity contribution in [3.05, 3.63) is 70.3 Å². The molecule has 1 amide bonds. The second-order valence-corrected chi connectivity index (χ2v) is 6.54. The minimum Gasteiger partial charge on any atom is -0.295 e. The van der Waals surface area contributed by atoms with Crippen molar-refractivity contribution in [3.63, 3.8) is 0 Å². The molecule has 0 aliphatic carbocycles. The van der Waals surface area contributed by atoms with Crippen molar-refractivity contribution >= 4 is 29.5 Å². The lowest BCUT2D eigenvalue weighted by Crippen LogP contribution is -2.30. The number of aromatic nitrogens is 3. The van der Waals surface area contributed by atoms with Gasteiger partial charge in [0.1, 0.15) is 12.4 Å². The number of carbonyl (C=O) groups excluding carboxylic acids is 1. The first-order valence-corrected chi connectivity index (χ1v) is 8.66. The summed E-state index contributed by atoms with van der Waals surface area (Å²) in [5.74, 6) is 0.678. The number of carbonyl (C=O) groups is 1. The van der Waals surface area contributed by atoms with Gasteiger partial charge in [-0.2, -0.15) is 5.10 Å². The Balaban J connectivity index is 1.82. The lowest BCUT2D eigenvalue weighted by Gasteiger charge is -2.25. The summed E-state index contributed by atoms with van der Waals surface area (Å²) >= 11 is 5.25. The lowest BCUT2D eigenvalue weighted by atomic mass is 10.0. The van der Waals surface area contributed by atoms with Crippen molar-refractivity contribution in [3.8, 4) is 0 Å². The standard InChI is InChI=1S/C19H18N4OS/c1-13-20-21-19(25)22(13)12-18(24)23-16-8-4-2-6-14(16)10-11-15-7-3-5-9-17(15)23/h2-9H,10-12H2,1H3,(H,21,25). The van der Waals surface area contributed by atoms with Gasteiger partial charge in [0.2, 0.25) is 0 Å². The third-order valence-corrected chi connectivity index (χ3v) is 4.93. The van der Waals surface area contributed by atoms with E-state index in [1.54, 1.807) is 4.57 Å². The highest BCUT2D eigenvalue weighted by molar-refractivity contribution is 7.71. The van der Waals surface area contributed by atoms with Gasteiger partial charge in [0.05, 0.1) is 11.4 Å². The van der Waals surface area contributed by atoms with Gasteiger partial charge >= 0.3 is 0 Å². The number of rotatable bonds is 2. The Kier molecular flexibility index (Phi) is 3.97. The van der Waals surface area contributed by atoms with Crippen molar-refractivity contribution in [2.75, 3.05) is 4.90 Å². The molecule has 1 aliphatic rings. The summed E-state index contributed by atoms with van der Waals surface area (Å²) in [6, 6.07) is 16.2. The first-order chi connectivity index (χ1) is 12.1. The van der Waals surface area contributed by atoms with Crippen molar-refractivity contribution < 1.29 is 4.79 Å². The van der Waals surface area contributed by atoms with Gasteiger partial charge < -0.3 is 0 Å². The van der Waals surface area contributed by atoms with E-state index in [-0.39, 0.29) is 12.5 Å². The number of hydrogen-bond acceptors (Lipinski definition) is 3. The van der Waals surface area contributed by atoms with E-state index in [4.69, 9.17) is 12.2 Å². The van der Waals surface area contributed by atoms with Crippen LogP contribution in [0.4, 0.5) is 11.4 Å². The van der Waals surface area contributed by atoms with E-state index in [0.29, 0.717) is 10.6 Å². The molecule has 0 radical (unpaired) electrons. The number of benzene rings is 2. The first kappa shape index (κ1) is 15.8. The maximum atomic E-state index is 13.3. The fourth-order valence-electron chi connectivity index (χ4n) is 3.34. The molecule has 2 aromatic carbocycles. The Morgan fingerprint density at radius 1 is 1.08 bits per heavy atom. The smallest absolute Gasteiger partial charge is 0.251 e. The zero-order chi connectivity index (χ0) is 17.4. The maximum absolute atomic E-state index is 13.3. The molecule has 1 aromatic heterocycles. The molecule has 0 unspecified atom stereocenters. The lowest BCUT2D eigenvalue weighted by molar-refractivity contribution is -0.118. The predicted molar refractivity (Wildman–Crippen MR) is 99.6 cm³/mol. The summed E-state index contributed by atoms with van der Waals surface area (Å²) in [6.45, 7) is 1.99. The number of nitrogens with one attached hydrogen (secondary N) is 1. The Bertz CT molecular complexity index is 957. The van der Waals surface area contributed by atoms with Crippen LogP contribution in [0, 0.1) is 11.7 Å². The minimum absolute atomic E-state index is 0.0256. The fraction of sp³-hybridized carbons (Fsp3) is 0.211. The van der Waals surface area contributed by atoms with Gasteiger partial charge in [-0.3, -0.25) is 19.4 Å². The molecule has 0 atom stereocenters. The molecule has 4 rings (SSSR count). The highest BCUT2D eigenvalue weighted by Gasteiger charge is 2.26. The van der Waals surface area contributed by atoms with Gasteiger partial charge in [0.15, 0.2) is 4.77 Å². The van der Waals surface area contributed by atoms with Crippen LogP contribution >= 0.6 is 12.2 Å². The molecule has 0 spiro atoms. The van der Waals surface area contributed by atoms with Gasteiger partial charge in [-0.1, -0.05) is 36.4 Å². The Morgan fingerprint density at radius 2 is 1.64 bits per heavy atom. The summed E-state index contributed by atoms with van der Waals surface area (Å²) < 4.78 is 2.19. The fourth-order valence-corrected chi connectivity index (χ4v) is 3.58. The highest BCUT2D eigenvalue weighted by Crippen LogP contribution is 2.36. The largest absolute Gasteiger partial charge is 0.295 e. The van der Waals surface area contributed by atoms with Gasteiger partial charge in [0, 0.05) is 0 Å². The molecular formula is C19H18N4OS. The van der Waals surface area contributed by atoms with Crippen LogP contribution < -0.4 is 4.90 Å². The number of anilines is 2. The molecule has 126 valence electrons. The number of amides is 1. The Morgan fingerprint density at radius 3 is 2.16 bits per heavy atom. The first-order valence-electron chi connectivity index (χ1n) is 8.26. The summed E-state index contributed by atoms with van der Waals surface area (Å²) in [5.41, 5.74) is 4.26. The van der Waals surface area contributed by atoms with E-state index in [1.807, 2.05) is 48.2 Å². The topological polar surface area (TPSA) is 53.9 Å². The minimum atomic E-state index is -0.0256. The number of aryl methyl sites for hydroxylation is 3. The quantitative estimate of drug-likeness (QED) is 0.717. The van der Waals surface area contributed by atoms with E-state index in [1.165, 1.54) is 11.1 Å². The van der Waals surface area contributed by atoms with Crippen LogP contribution in [0.2, 0.25) is 0 Å². The number of para-hydroxylation sites is 2. The molecular weight excluding hydrogens is 332 g/mol. The van der Waals surface area contributed by atoms with Crippen LogP contribution in [-0.2, 0) is 24.2 Å². The van der Waals surface area contributed by atoms with Gasteiger partial charge in [0.25, 0.3) is 5.91 Å². The zero-order valence-corrected chi connectivity index (χ0v) is 14.7. The third-order valence-electron chi connectivity index (χ3n) is 4.62. The van der Waals surface area contributed by atoms with E-state index in [0.717, 1.165) is 24.2 Å². The van der Waals surface area contributed by atoms with Crippen LogP contribution in [0.1, 0.15) is 17.0 Å². The van der Waals surface area contributed by atoms with E-state index < -0.39 is 0 Å². The average Bonchev–Trinajstić information content (AvgIpc) is 2.85. The van der Waals surface area contributed by atoms with Crippen molar-refractivity contribution in [2.45, 2.75) is 26.3 Å². The normalized spacial score (nSPS) is 13.1. The number of H-pyrrole nitrogens is 1. The SMILES string of the molecule is Cc1n[nH]c(=S)n1CC(=O)N1c2ccccc2CCc2ccccc21. The summed E-state index contributed by atoms with van der Waals surface area (Å²) in [4.78, 5) is 15.1. The number of fused-ring (bicyclic) bond motifs is 2. The van der Waals surface area contributed by atoms with Crippen LogP contribution in [0.3, 0.4) is 0 Å². The zero-order valence-electron chi connectivity index (χ0n) is 13.9.